The van der Waals surface area contributed by atoms with E-state index in [-0.39, 0.29) is 10.5 Å². The number of piperidine rings is 1. The molecule has 1 aromatic heterocycles. The van der Waals surface area contributed by atoms with E-state index < -0.39 is 21.5 Å². The number of halogens is 1. The Kier molecular flexibility index (Phi) is 6.40. The van der Waals surface area contributed by atoms with Gasteiger partial charge in [0, 0.05) is 35.6 Å². The topological polar surface area (TPSA) is 112 Å². The van der Waals surface area contributed by atoms with Crippen LogP contribution >= 0.6 is 11.6 Å². The minimum Gasteiger partial charge on any atom is -0.322 e. The van der Waals surface area contributed by atoms with Gasteiger partial charge in [0.1, 0.15) is 11.4 Å². The fourth-order valence-corrected chi connectivity index (χ4v) is 5.12. The molecule has 1 fully saturated rings. The van der Waals surface area contributed by atoms with E-state index in [0.717, 1.165) is 19.3 Å². The number of amides is 1. The van der Waals surface area contributed by atoms with E-state index in [2.05, 4.69) is 15.3 Å². The van der Waals surface area contributed by atoms with Crippen molar-refractivity contribution >= 4 is 33.2 Å². The lowest BCUT2D eigenvalue weighted by atomic mass is 10.2. The average molecular weight is 473 g/mol. The maximum absolute atomic E-state index is 12.7. The molecule has 0 bridgehead atoms. The molecule has 1 aliphatic heterocycles. The first kappa shape index (κ1) is 22.2. The minimum absolute atomic E-state index is 0.160. The predicted molar refractivity (Wildman–Crippen MR) is 122 cm³/mol. The number of hydrogen-bond acceptors (Lipinski definition) is 5. The Balaban J connectivity index is 1.48. The summed E-state index contributed by atoms with van der Waals surface area (Å²) in [6.07, 6.45) is 3.94. The number of aromatic nitrogens is 2. The summed E-state index contributed by atoms with van der Waals surface area (Å²) in [6, 6.07) is 12.7. The standard InChI is InChI=1S/C22H21ClN4O4S/c23-16-6-4-15(5-7-16)20-24-14-19(22(29)26-20)21(28)25-17-8-10-18(11-9-17)32(30,31)27-12-2-1-3-13-27/h4-11,14H,1-3,12-13H2,(H,25,28)(H,24,26,29). The Morgan fingerprint density at radius 1 is 1.00 bits per heavy atom. The van der Waals surface area contributed by atoms with Crippen LogP contribution < -0.4 is 10.9 Å². The third-order valence-electron chi connectivity index (χ3n) is 5.23. The maximum Gasteiger partial charge on any atom is 0.264 e. The van der Waals surface area contributed by atoms with E-state index in [1.165, 1.54) is 34.8 Å². The van der Waals surface area contributed by atoms with Gasteiger partial charge in [-0.3, -0.25) is 9.59 Å². The molecule has 10 heteroatoms. The number of sulfonamides is 1. The number of aromatic amines is 1. The zero-order valence-electron chi connectivity index (χ0n) is 17.0. The van der Waals surface area contributed by atoms with Crippen LogP contribution in [0, 0.1) is 0 Å². The van der Waals surface area contributed by atoms with Crippen molar-refractivity contribution in [1.29, 1.82) is 0 Å². The quantitative estimate of drug-likeness (QED) is 0.590. The molecule has 3 aromatic rings. The monoisotopic (exact) mass is 472 g/mol. The van der Waals surface area contributed by atoms with Crippen molar-refractivity contribution in [2.75, 3.05) is 18.4 Å². The Morgan fingerprint density at radius 2 is 1.66 bits per heavy atom. The molecule has 0 unspecified atom stereocenters. The fourth-order valence-electron chi connectivity index (χ4n) is 3.47. The van der Waals surface area contributed by atoms with Gasteiger partial charge in [0.15, 0.2) is 0 Å². The molecule has 1 amide bonds. The van der Waals surface area contributed by atoms with E-state index in [1.54, 1.807) is 24.3 Å². The summed E-state index contributed by atoms with van der Waals surface area (Å²) in [6.45, 7) is 1.03. The Labute approximate surface area is 190 Å². The van der Waals surface area contributed by atoms with E-state index in [1.807, 2.05) is 0 Å². The number of carbonyl (C=O) groups is 1. The largest absolute Gasteiger partial charge is 0.322 e. The zero-order valence-corrected chi connectivity index (χ0v) is 18.6. The molecule has 2 heterocycles. The van der Waals surface area contributed by atoms with Crippen LogP contribution in [0.5, 0.6) is 0 Å². The van der Waals surface area contributed by atoms with Crippen LogP contribution in [0.15, 0.2) is 64.4 Å². The van der Waals surface area contributed by atoms with Gasteiger partial charge in [-0.15, -0.1) is 0 Å². The molecule has 32 heavy (non-hydrogen) atoms. The average Bonchev–Trinajstić information content (AvgIpc) is 2.80. The van der Waals surface area contributed by atoms with Gasteiger partial charge in [-0.1, -0.05) is 18.0 Å². The lowest BCUT2D eigenvalue weighted by Gasteiger charge is -2.25. The summed E-state index contributed by atoms with van der Waals surface area (Å²) >= 11 is 5.87. The smallest absolute Gasteiger partial charge is 0.264 e. The molecule has 0 saturated carbocycles. The molecule has 0 aliphatic carbocycles. The SMILES string of the molecule is O=C(Nc1ccc(S(=O)(=O)N2CCCCC2)cc1)c1cnc(-c2ccc(Cl)cc2)[nH]c1=O. The number of benzene rings is 2. The molecule has 166 valence electrons. The van der Waals surface area contributed by atoms with Crippen LogP contribution in [0.3, 0.4) is 0 Å². The summed E-state index contributed by atoms with van der Waals surface area (Å²) < 4.78 is 26.9. The van der Waals surface area contributed by atoms with Crippen LogP contribution in [0.2, 0.25) is 5.02 Å². The van der Waals surface area contributed by atoms with Gasteiger partial charge in [-0.05, 0) is 61.4 Å². The van der Waals surface area contributed by atoms with Gasteiger partial charge < -0.3 is 10.3 Å². The Hall–Kier alpha value is -3.01. The normalized spacial score (nSPS) is 14.8. The summed E-state index contributed by atoms with van der Waals surface area (Å²) in [5, 5.41) is 3.16. The molecular formula is C22H21ClN4O4S. The summed E-state index contributed by atoms with van der Waals surface area (Å²) in [4.78, 5) is 31.9. The molecule has 2 N–H and O–H groups in total. The van der Waals surface area contributed by atoms with Crippen LogP contribution in [0.25, 0.3) is 11.4 Å². The highest BCUT2D eigenvalue weighted by atomic mass is 35.5. The number of H-pyrrole nitrogens is 1. The van der Waals surface area contributed by atoms with E-state index in [9.17, 15) is 18.0 Å². The minimum atomic E-state index is -3.55. The first-order valence-electron chi connectivity index (χ1n) is 10.1. The number of hydrogen-bond donors (Lipinski definition) is 2. The third kappa shape index (κ3) is 4.74. The van der Waals surface area contributed by atoms with Gasteiger partial charge >= 0.3 is 0 Å². The highest BCUT2D eigenvalue weighted by Crippen LogP contribution is 2.22. The van der Waals surface area contributed by atoms with E-state index >= 15 is 0 Å². The molecule has 8 nitrogen and oxygen atoms in total. The molecule has 1 saturated heterocycles. The van der Waals surface area contributed by atoms with Crippen LogP contribution in [-0.2, 0) is 10.0 Å². The fraction of sp³-hybridized carbons (Fsp3) is 0.227. The summed E-state index contributed by atoms with van der Waals surface area (Å²) in [5.74, 6) is -0.330. The Bertz CT molecular complexity index is 1280. The van der Waals surface area contributed by atoms with Crippen molar-refractivity contribution in [2.45, 2.75) is 24.2 Å². The second-order valence-corrected chi connectivity index (χ2v) is 9.80. The first-order valence-corrected chi connectivity index (χ1v) is 11.9. The number of rotatable bonds is 5. The van der Waals surface area contributed by atoms with Gasteiger partial charge in [-0.25, -0.2) is 13.4 Å². The molecule has 0 atom stereocenters. The van der Waals surface area contributed by atoms with Crippen molar-refractivity contribution < 1.29 is 13.2 Å². The molecule has 4 rings (SSSR count). The van der Waals surface area contributed by atoms with Crippen LogP contribution in [-0.4, -0.2) is 41.7 Å². The lowest BCUT2D eigenvalue weighted by molar-refractivity contribution is 0.102. The molecule has 0 spiro atoms. The van der Waals surface area contributed by atoms with Crippen molar-refractivity contribution in [3.8, 4) is 11.4 Å². The second kappa shape index (κ2) is 9.23. The highest BCUT2D eigenvalue weighted by Gasteiger charge is 2.25. The zero-order chi connectivity index (χ0) is 22.7. The van der Waals surface area contributed by atoms with E-state index in [4.69, 9.17) is 11.6 Å². The lowest BCUT2D eigenvalue weighted by Crippen LogP contribution is -2.35. The third-order valence-corrected chi connectivity index (χ3v) is 7.39. The molecule has 0 radical (unpaired) electrons. The second-order valence-electron chi connectivity index (χ2n) is 7.42. The van der Waals surface area contributed by atoms with Crippen molar-refractivity contribution in [3.63, 3.8) is 0 Å². The van der Waals surface area contributed by atoms with Crippen LogP contribution in [0.4, 0.5) is 5.69 Å². The number of carbonyl (C=O) groups excluding carboxylic acids is 1. The van der Waals surface area contributed by atoms with Gasteiger partial charge in [0.05, 0.1) is 4.90 Å². The Morgan fingerprint density at radius 3 is 2.28 bits per heavy atom. The number of nitrogens with one attached hydrogen (secondary N) is 2. The van der Waals surface area contributed by atoms with Crippen molar-refractivity contribution in [1.82, 2.24) is 14.3 Å². The maximum atomic E-state index is 12.7. The van der Waals surface area contributed by atoms with Gasteiger partial charge in [-0.2, -0.15) is 4.31 Å². The van der Waals surface area contributed by atoms with Crippen molar-refractivity contribution in [2.24, 2.45) is 0 Å². The predicted octanol–water partition coefficient (Wildman–Crippen LogP) is 3.52. The summed E-state index contributed by atoms with van der Waals surface area (Å²) in [5.41, 5.74) is 0.275. The van der Waals surface area contributed by atoms with Crippen LogP contribution in [0.1, 0.15) is 29.6 Å². The number of nitrogens with zero attached hydrogens (tertiary/aromatic N) is 2. The molecular weight excluding hydrogens is 452 g/mol. The van der Waals surface area contributed by atoms with E-state index in [0.29, 0.717) is 35.2 Å². The van der Waals surface area contributed by atoms with Crippen molar-refractivity contribution in [3.05, 3.63) is 75.7 Å². The highest BCUT2D eigenvalue weighted by molar-refractivity contribution is 7.89. The van der Waals surface area contributed by atoms with Gasteiger partial charge in [0.25, 0.3) is 11.5 Å². The molecule has 1 aliphatic rings. The summed E-state index contributed by atoms with van der Waals surface area (Å²) in [7, 11) is -3.55. The molecule has 2 aromatic carbocycles. The first-order chi connectivity index (χ1) is 15.3. The number of anilines is 1. The van der Waals surface area contributed by atoms with Gasteiger partial charge in [0.2, 0.25) is 10.0 Å².